The molecule has 1 heteroatoms. The minimum atomic E-state index is 0.272. The third kappa shape index (κ3) is 1.96. The summed E-state index contributed by atoms with van der Waals surface area (Å²) in [6.07, 6.45) is 5.65. The molecule has 1 nitrogen and oxygen atoms in total. The highest BCUT2D eigenvalue weighted by Gasteiger charge is 2.33. The second-order valence-electron chi connectivity index (χ2n) is 4.46. The molecule has 0 unspecified atom stereocenters. The SMILES string of the molecule is C=CCC(C)(C)[C@@H]1CCC(=O)C1. The van der Waals surface area contributed by atoms with Gasteiger partial charge in [0.1, 0.15) is 5.78 Å². The number of Topliss-reactive ketones (excluding diaryl/α,β-unsaturated/α-hetero) is 1. The van der Waals surface area contributed by atoms with E-state index >= 15 is 0 Å². The fourth-order valence-corrected chi connectivity index (χ4v) is 2.02. The molecule has 1 atom stereocenters. The molecule has 0 heterocycles. The zero-order valence-corrected chi connectivity index (χ0v) is 8.10. The van der Waals surface area contributed by atoms with Gasteiger partial charge in [-0.3, -0.25) is 4.79 Å². The quantitative estimate of drug-likeness (QED) is 0.589. The van der Waals surface area contributed by atoms with Crippen molar-refractivity contribution in [3.05, 3.63) is 12.7 Å². The van der Waals surface area contributed by atoms with Crippen LogP contribution in [0.2, 0.25) is 0 Å². The Morgan fingerprint density at radius 2 is 2.33 bits per heavy atom. The average Bonchev–Trinajstić information content (AvgIpc) is 2.36. The molecule has 0 N–H and O–H groups in total. The third-order valence-corrected chi connectivity index (χ3v) is 3.02. The normalized spacial score (nSPS) is 24.5. The minimum Gasteiger partial charge on any atom is -0.300 e. The molecule has 0 aromatic heterocycles. The summed E-state index contributed by atoms with van der Waals surface area (Å²) in [6, 6.07) is 0. The summed E-state index contributed by atoms with van der Waals surface area (Å²) in [5.74, 6) is 1.03. The molecule has 68 valence electrons. The third-order valence-electron chi connectivity index (χ3n) is 3.02. The van der Waals surface area contributed by atoms with Gasteiger partial charge in [0.2, 0.25) is 0 Å². The zero-order valence-electron chi connectivity index (χ0n) is 8.10. The van der Waals surface area contributed by atoms with Crippen LogP contribution in [0.25, 0.3) is 0 Å². The van der Waals surface area contributed by atoms with Crippen molar-refractivity contribution in [2.24, 2.45) is 11.3 Å². The first-order chi connectivity index (χ1) is 5.56. The molecule has 0 saturated heterocycles. The number of allylic oxidation sites excluding steroid dienone is 1. The maximum absolute atomic E-state index is 11.1. The summed E-state index contributed by atoms with van der Waals surface area (Å²) < 4.78 is 0. The van der Waals surface area contributed by atoms with E-state index in [4.69, 9.17) is 0 Å². The number of rotatable bonds is 3. The van der Waals surface area contributed by atoms with E-state index in [9.17, 15) is 4.79 Å². The maximum atomic E-state index is 11.1. The van der Waals surface area contributed by atoms with E-state index < -0.39 is 0 Å². The molecule has 0 amide bonds. The molecule has 0 spiro atoms. The van der Waals surface area contributed by atoms with Gasteiger partial charge in [0.05, 0.1) is 0 Å². The summed E-state index contributed by atoms with van der Waals surface area (Å²) in [6.45, 7) is 8.22. The van der Waals surface area contributed by atoms with Crippen LogP contribution in [0.4, 0.5) is 0 Å². The van der Waals surface area contributed by atoms with E-state index in [1.807, 2.05) is 6.08 Å². The second-order valence-corrected chi connectivity index (χ2v) is 4.46. The number of hydrogen-bond donors (Lipinski definition) is 0. The first-order valence-corrected chi connectivity index (χ1v) is 4.69. The van der Waals surface area contributed by atoms with Gasteiger partial charge in [0.25, 0.3) is 0 Å². The highest BCUT2D eigenvalue weighted by Crippen LogP contribution is 2.40. The number of hydrogen-bond acceptors (Lipinski definition) is 1. The first kappa shape index (κ1) is 9.50. The van der Waals surface area contributed by atoms with E-state index in [0.717, 1.165) is 25.7 Å². The lowest BCUT2D eigenvalue weighted by atomic mass is 9.75. The molecule has 12 heavy (non-hydrogen) atoms. The highest BCUT2D eigenvalue weighted by molar-refractivity contribution is 5.80. The van der Waals surface area contributed by atoms with Crippen LogP contribution < -0.4 is 0 Å². The van der Waals surface area contributed by atoms with Crippen LogP contribution in [0, 0.1) is 11.3 Å². The van der Waals surface area contributed by atoms with Gasteiger partial charge in [-0.25, -0.2) is 0 Å². The van der Waals surface area contributed by atoms with Crippen molar-refractivity contribution < 1.29 is 4.79 Å². The Hall–Kier alpha value is -0.590. The van der Waals surface area contributed by atoms with Crippen LogP contribution in [0.5, 0.6) is 0 Å². The van der Waals surface area contributed by atoms with Gasteiger partial charge in [-0.2, -0.15) is 0 Å². The lowest BCUT2D eigenvalue weighted by Gasteiger charge is -2.29. The van der Waals surface area contributed by atoms with Gasteiger partial charge in [0, 0.05) is 12.8 Å². The molecular weight excluding hydrogens is 148 g/mol. The van der Waals surface area contributed by atoms with Gasteiger partial charge < -0.3 is 0 Å². The van der Waals surface area contributed by atoms with Crippen LogP contribution in [-0.4, -0.2) is 5.78 Å². The van der Waals surface area contributed by atoms with Crippen molar-refractivity contribution in [3.8, 4) is 0 Å². The summed E-state index contributed by atoms with van der Waals surface area (Å²) >= 11 is 0. The van der Waals surface area contributed by atoms with Gasteiger partial charge in [-0.15, -0.1) is 6.58 Å². The fraction of sp³-hybridized carbons (Fsp3) is 0.727. The lowest BCUT2D eigenvalue weighted by Crippen LogP contribution is -2.21. The number of carbonyl (C=O) groups excluding carboxylic acids is 1. The van der Waals surface area contributed by atoms with E-state index in [1.54, 1.807) is 0 Å². The van der Waals surface area contributed by atoms with E-state index in [1.165, 1.54) is 0 Å². The van der Waals surface area contributed by atoms with E-state index in [0.29, 0.717) is 11.7 Å². The van der Waals surface area contributed by atoms with E-state index in [-0.39, 0.29) is 5.41 Å². The Kier molecular flexibility index (Phi) is 2.71. The Bertz CT molecular complexity index is 191. The fourth-order valence-electron chi connectivity index (χ4n) is 2.02. The molecule has 1 aliphatic carbocycles. The van der Waals surface area contributed by atoms with Crippen LogP contribution in [0.1, 0.15) is 39.5 Å². The lowest BCUT2D eigenvalue weighted by molar-refractivity contribution is -0.117. The summed E-state index contributed by atoms with van der Waals surface area (Å²) in [7, 11) is 0. The largest absolute Gasteiger partial charge is 0.300 e. The van der Waals surface area contributed by atoms with Gasteiger partial charge >= 0.3 is 0 Å². The van der Waals surface area contributed by atoms with E-state index in [2.05, 4.69) is 20.4 Å². The molecule has 0 radical (unpaired) electrons. The second kappa shape index (κ2) is 3.42. The zero-order chi connectivity index (χ0) is 9.19. The van der Waals surface area contributed by atoms with Gasteiger partial charge in [-0.1, -0.05) is 19.9 Å². The predicted molar refractivity (Wildman–Crippen MR) is 50.9 cm³/mol. The maximum Gasteiger partial charge on any atom is 0.133 e. The number of ketones is 1. The predicted octanol–water partition coefficient (Wildman–Crippen LogP) is 2.96. The molecule has 0 aliphatic heterocycles. The summed E-state index contributed by atoms with van der Waals surface area (Å²) in [4.78, 5) is 11.1. The van der Waals surface area contributed by atoms with Crippen molar-refractivity contribution in [1.29, 1.82) is 0 Å². The van der Waals surface area contributed by atoms with Crippen molar-refractivity contribution in [3.63, 3.8) is 0 Å². The van der Waals surface area contributed by atoms with Crippen LogP contribution in [0.15, 0.2) is 12.7 Å². The highest BCUT2D eigenvalue weighted by atomic mass is 16.1. The Balaban J connectivity index is 2.56. The molecule has 0 aromatic rings. The molecule has 0 aromatic carbocycles. The topological polar surface area (TPSA) is 17.1 Å². The van der Waals surface area contributed by atoms with Crippen molar-refractivity contribution in [2.45, 2.75) is 39.5 Å². The molecule has 1 rings (SSSR count). The molecule has 1 fully saturated rings. The molecular formula is C11H18O. The number of carbonyl (C=O) groups is 1. The van der Waals surface area contributed by atoms with Crippen LogP contribution >= 0.6 is 0 Å². The van der Waals surface area contributed by atoms with Crippen molar-refractivity contribution >= 4 is 5.78 Å². The van der Waals surface area contributed by atoms with Gasteiger partial charge in [0.15, 0.2) is 0 Å². The monoisotopic (exact) mass is 166 g/mol. The summed E-state index contributed by atoms with van der Waals surface area (Å²) in [5.41, 5.74) is 0.272. The van der Waals surface area contributed by atoms with Gasteiger partial charge in [-0.05, 0) is 24.2 Å². The smallest absolute Gasteiger partial charge is 0.133 e. The average molecular weight is 166 g/mol. The minimum absolute atomic E-state index is 0.272. The van der Waals surface area contributed by atoms with Crippen LogP contribution in [-0.2, 0) is 4.79 Å². The Morgan fingerprint density at radius 3 is 2.75 bits per heavy atom. The van der Waals surface area contributed by atoms with Crippen LogP contribution in [0.3, 0.4) is 0 Å². The standard InChI is InChI=1S/C11H18O/c1-4-7-11(2,3)9-5-6-10(12)8-9/h4,9H,1,5-8H2,2-3H3/t9-/m1/s1. The molecule has 1 aliphatic rings. The summed E-state index contributed by atoms with van der Waals surface area (Å²) in [5, 5.41) is 0. The van der Waals surface area contributed by atoms with Crippen molar-refractivity contribution in [2.75, 3.05) is 0 Å². The molecule has 1 saturated carbocycles. The Labute approximate surface area is 74.9 Å². The van der Waals surface area contributed by atoms with Crippen molar-refractivity contribution in [1.82, 2.24) is 0 Å². The molecule has 0 bridgehead atoms. The Morgan fingerprint density at radius 1 is 1.67 bits per heavy atom. The first-order valence-electron chi connectivity index (χ1n) is 4.69.